The van der Waals surface area contributed by atoms with Crippen molar-refractivity contribution in [3.8, 4) is 22.3 Å². The molecule has 2 heterocycles. The molecule has 9 heteroatoms. The van der Waals surface area contributed by atoms with Gasteiger partial charge in [0.15, 0.2) is 0 Å². The van der Waals surface area contributed by atoms with Crippen LogP contribution in [0.15, 0.2) is 85.3 Å². The third-order valence-electron chi connectivity index (χ3n) is 6.75. The SMILES string of the molecule is NC(=O)c1c(-c2ccc(N3CCN(Cc4cnccn4)CC3)cc2)cccc1-c1ccc(C(F)(F)F)cc1. The number of piperazine rings is 1. The lowest BCUT2D eigenvalue weighted by Crippen LogP contribution is -2.46. The Morgan fingerprint density at radius 3 is 1.97 bits per heavy atom. The first kappa shape index (κ1) is 25.4. The highest BCUT2D eigenvalue weighted by Crippen LogP contribution is 2.35. The van der Waals surface area contributed by atoms with Crippen LogP contribution in [0, 0.1) is 0 Å². The molecule has 194 valence electrons. The van der Waals surface area contributed by atoms with Crippen LogP contribution in [0.25, 0.3) is 22.3 Å². The number of rotatable bonds is 6. The number of alkyl halides is 3. The summed E-state index contributed by atoms with van der Waals surface area (Å²) in [5.74, 6) is -0.640. The van der Waals surface area contributed by atoms with Gasteiger partial charge in [-0.05, 0) is 46.5 Å². The Kier molecular flexibility index (Phi) is 7.11. The van der Waals surface area contributed by atoms with Crippen molar-refractivity contribution < 1.29 is 18.0 Å². The second-order valence-electron chi connectivity index (χ2n) is 9.17. The van der Waals surface area contributed by atoms with Crippen LogP contribution >= 0.6 is 0 Å². The van der Waals surface area contributed by atoms with Crippen molar-refractivity contribution in [3.63, 3.8) is 0 Å². The van der Waals surface area contributed by atoms with E-state index in [-0.39, 0.29) is 5.56 Å². The predicted molar refractivity (Wildman–Crippen MR) is 140 cm³/mol. The summed E-state index contributed by atoms with van der Waals surface area (Å²) in [5, 5.41) is 0. The number of carbonyl (C=O) groups excluding carboxylic acids is 1. The smallest absolute Gasteiger partial charge is 0.369 e. The monoisotopic (exact) mass is 517 g/mol. The normalized spacial score (nSPS) is 14.4. The Morgan fingerprint density at radius 1 is 0.842 bits per heavy atom. The highest BCUT2D eigenvalue weighted by molar-refractivity contribution is 6.06. The van der Waals surface area contributed by atoms with Crippen LogP contribution in [0.1, 0.15) is 21.6 Å². The number of hydrogen-bond donors (Lipinski definition) is 1. The van der Waals surface area contributed by atoms with Crippen molar-refractivity contribution in [2.24, 2.45) is 5.73 Å². The molecule has 1 aromatic heterocycles. The molecule has 1 saturated heterocycles. The maximum absolute atomic E-state index is 13.0. The number of benzene rings is 3. The topological polar surface area (TPSA) is 75.4 Å². The van der Waals surface area contributed by atoms with Crippen LogP contribution in [0.2, 0.25) is 0 Å². The molecule has 1 fully saturated rings. The number of aromatic nitrogens is 2. The van der Waals surface area contributed by atoms with Crippen LogP contribution < -0.4 is 10.6 Å². The van der Waals surface area contributed by atoms with Crippen molar-refractivity contribution in [2.45, 2.75) is 12.7 Å². The highest BCUT2D eigenvalue weighted by Gasteiger charge is 2.30. The third-order valence-corrected chi connectivity index (χ3v) is 6.75. The van der Waals surface area contributed by atoms with Gasteiger partial charge in [0.25, 0.3) is 0 Å². The van der Waals surface area contributed by atoms with Gasteiger partial charge in [-0.1, -0.05) is 42.5 Å². The van der Waals surface area contributed by atoms with Gasteiger partial charge < -0.3 is 10.6 Å². The number of primary amides is 1. The number of anilines is 1. The van der Waals surface area contributed by atoms with E-state index in [2.05, 4.69) is 19.8 Å². The number of amides is 1. The van der Waals surface area contributed by atoms with Crippen molar-refractivity contribution in [1.29, 1.82) is 0 Å². The fraction of sp³-hybridized carbons (Fsp3) is 0.207. The van der Waals surface area contributed by atoms with E-state index in [0.29, 0.717) is 16.7 Å². The minimum absolute atomic E-state index is 0.276. The summed E-state index contributed by atoms with van der Waals surface area (Å²) < 4.78 is 39.0. The fourth-order valence-electron chi connectivity index (χ4n) is 4.79. The zero-order valence-electron chi connectivity index (χ0n) is 20.5. The first-order valence-corrected chi connectivity index (χ1v) is 12.2. The largest absolute Gasteiger partial charge is 0.416 e. The van der Waals surface area contributed by atoms with E-state index in [0.717, 1.165) is 61.8 Å². The van der Waals surface area contributed by atoms with Gasteiger partial charge in [0.2, 0.25) is 5.91 Å². The van der Waals surface area contributed by atoms with Crippen LogP contribution in [-0.4, -0.2) is 47.0 Å². The number of nitrogens with two attached hydrogens (primary N) is 1. The lowest BCUT2D eigenvalue weighted by Gasteiger charge is -2.36. The number of hydrogen-bond acceptors (Lipinski definition) is 5. The van der Waals surface area contributed by atoms with Crippen molar-refractivity contribution in [2.75, 3.05) is 31.1 Å². The van der Waals surface area contributed by atoms with Gasteiger partial charge in [-0.25, -0.2) is 0 Å². The molecule has 0 saturated carbocycles. The summed E-state index contributed by atoms with van der Waals surface area (Å²) in [6, 6.07) is 17.9. The summed E-state index contributed by atoms with van der Waals surface area (Å²) >= 11 is 0. The molecule has 0 bridgehead atoms. The summed E-state index contributed by atoms with van der Waals surface area (Å²) in [6.45, 7) is 4.32. The molecule has 2 N–H and O–H groups in total. The van der Waals surface area contributed by atoms with Gasteiger partial charge >= 0.3 is 6.18 Å². The van der Waals surface area contributed by atoms with E-state index in [1.807, 2.05) is 24.3 Å². The Bertz CT molecular complexity index is 1400. The van der Waals surface area contributed by atoms with E-state index in [9.17, 15) is 18.0 Å². The summed E-state index contributed by atoms with van der Waals surface area (Å²) in [5.41, 5.74) is 9.74. The molecule has 4 aromatic rings. The van der Waals surface area contributed by atoms with E-state index in [1.54, 1.807) is 36.8 Å². The average Bonchev–Trinajstić information content (AvgIpc) is 2.93. The molecule has 3 aromatic carbocycles. The first-order valence-electron chi connectivity index (χ1n) is 12.2. The Balaban J connectivity index is 1.34. The maximum Gasteiger partial charge on any atom is 0.416 e. The number of nitrogens with zero attached hydrogens (tertiary/aromatic N) is 4. The van der Waals surface area contributed by atoms with Gasteiger partial charge in [0.05, 0.1) is 16.8 Å². The van der Waals surface area contributed by atoms with Gasteiger partial charge in [-0.15, -0.1) is 0 Å². The van der Waals surface area contributed by atoms with Crippen molar-refractivity contribution >= 4 is 11.6 Å². The second kappa shape index (κ2) is 10.6. The summed E-state index contributed by atoms with van der Waals surface area (Å²) in [6.07, 6.45) is 0.731. The molecular formula is C29H26F3N5O. The Hall–Kier alpha value is -4.24. The predicted octanol–water partition coefficient (Wildman–Crippen LogP) is 5.25. The fourth-order valence-corrected chi connectivity index (χ4v) is 4.79. The molecule has 1 aliphatic rings. The lowest BCUT2D eigenvalue weighted by atomic mass is 9.91. The zero-order chi connectivity index (χ0) is 26.7. The molecule has 6 nitrogen and oxygen atoms in total. The van der Waals surface area contributed by atoms with Gasteiger partial charge in [-0.3, -0.25) is 19.7 Å². The van der Waals surface area contributed by atoms with E-state index < -0.39 is 17.6 Å². The summed E-state index contributed by atoms with van der Waals surface area (Å²) in [7, 11) is 0. The van der Waals surface area contributed by atoms with E-state index in [1.165, 1.54) is 12.1 Å². The van der Waals surface area contributed by atoms with Gasteiger partial charge in [0, 0.05) is 57.0 Å². The van der Waals surface area contributed by atoms with E-state index >= 15 is 0 Å². The number of halogens is 3. The minimum Gasteiger partial charge on any atom is -0.369 e. The zero-order valence-corrected chi connectivity index (χ0v) is 20.5. The van der Waals surface area contributed by atoms with Crippen molar-refractivity contribution in [3.05, 3.63) is 102 Å². The quantitative estimate of drug-likeness (QED) is 0.378. The number of carbonyl (C=O) groups is 1. The van der Waals surface area contributed by atoms with Crippen LogP contribution in [0.4, 0.5) is 18.9 Å². The first-order chi connectivity index (χ1) is 18.3. The van der Waals surface area contributed by atoms with Crippen molar-refractivity contribution in [1.82, 2.24) is 14.9 Å². The standard InChI is InChI=1S/C29H26F3N5O/c30-29(31,32)22-8-4-20(5-9-22)25-2-1-3-26(27(25)28(33)38)21-6-10-24(11-7-21)37-16-14-36(15-17-37)19-23-18-34-12-13-35-23/h1-13,18H,14-17,19H2,(H2,33,38). The molecule has 5 rings (SSSR count). The van der Waals surface area contributed by atoms with Crippen LogP contribution in [-0.2, 0) is 12.7 Å². The molecule has 1 amide bonds. The van der Waals surface area contributed by atoms with Crippen LogP contribution in [0.3, 0.4) is 0 Å². The summed E-state index contributed by atoms with van der Waals surface area (Å²) in [4.78, 5) is 25.6. The molecule has 0 aliphatic carbocycles. The maximum atomic E-state index is 13.0. The molecule has 0 spiro atoms. The van der Waals surface area contributed by atoms with E-state index in [4.69, 9.17) is 5.73 Å². The highest BCUT2D eigenvalue weighted by atomic mass is 19.4. The van der Waals surface area contributed by atoms with Crippen LogP contribution in [0.5, 0.6) is 0 Å². The average molecular weight is 518 g/mol. The molecule has 0 radical (unpaired) electrons. The molecule has 0 atom stereocenters. The van der Waals surface area contributed by atoms with Gasteiger partial charge in [-0.2, -0.15) is 13.2 Å². The minimum atomic E-state index is -4.43. The lowest BCUT2D eigenvalue weighted by molar-refractivity contribution is -0.137. The molecule has 0 unspecified atom stereocenters. The Morgan fingerprint density at radius 2 is 1.45 bits per heavy atom. The third kappa shape index (κ3) is 5.52. The Labute approximate surface area is 218 Å². The molecular weight excluding hydrogens is 491 g/mol. The molecule has 1 aliphatic heterocycles. The molecule has 38 heavy (non-hydrogen) atoms. The van der Waals surface area contributed by atoms with Gasteiger partial charge in [0.1, 0.15) is 0 Å². The second-order valence-corrected chi connectivity index (χ2v) is 9.17.